The standard InChI is InChI=1S/C20H16BrNO2S3/c1-20(2)17-16(19(25)27-26-17)14-10-13(24-3)8-9-15(14)22(20)18(23)11-4-6-12(21)7-5-11/h4-10H,1-3H3. The number of fused-ring (bicyclic) bond motifs is 3. The lowest BCUT2D eigenvalue weighted by atomic mass is 9.86. The predicted molar refractivity (Wildman–Crippen MR) is 119 cm³/mol. The summed E-state index contributed by atoms with van der Waals surface area (Å²) in [5.74, 6) is 0.718. The van der Waals surface area contributed by atoms with Crippen LogP contribution in [-0.4, -0.2) is 13.0 Å². The van der Waals surface area contributed by atoms with Crippen molar-refractivity contribution in [3.8, 4) is 16.9 Å². The van der Waals surface area contributed by atoms with E-state index >= 15 is 0 Å². The molecule has 3 nitrogen and oxygen atoms in total. The minimum Gasteiger partial charge on any atom is -0.497 e. The van der Waals surface area contributed by atoms with Crippen molar-refractivity contribution in [1.29, 1.82) is 0 Å². The SMILES string of the molecule is COc1ccc2c(c1)-c1c(ssc1=S)C(C)(C)N2C(=O)c1ccc(Br)cc1. The third-order valence-electron chi connectivity index (χ3n) is 4.75. The number of carbonyl (C=O) groups is 1. The largest absolute Gasteiger partial charge is 0.497 e. The Hall–Kier alpha value is -1.54. The molecule has 7 heteroatoms. The Morgan fingerprint density at radius 3 is 2.52 bits per heavy atom. The van der Waals surface area contributed by atoms with E-state index in [0.29, 0.717) is 5.56 Å². The van der Waals surface area contributed by atoms with E-state index < -0.39 is 5.54 Å². The molecular formula is C20H16BrNO2S3. The first kappa shape index (κ1) is 18.8. The summed E-state index contributed by atoms with van der Waals surface area (Å²) in [6.07, 6.45) is 0. The number of hydrogen-bond donors (Lipinski definition) is 0. The number of amides is 1. The summed E-state index contributed by atoms with van der Waals surface area (Å²) in [6, 6.07) is 13.3. The summed E-state index contributed by atoms with van der Waals surface area (Å²) >= 11 is 9.05. The normalized spacial score (nSPS) is 14.4. The van der Waals surface area contributed by atoms with E-state index in [-0.39, 0.29) is 5.91 Å². The minimum atomic E-state index is -0.501. The second kappa shape index (κ2) is 6.81. The highest BCUT2D eigenvalue weighted by molar-refractivity contribution is 9.10. The van der Waals surface area contributed by atoms with Gasteiger partial charge in [-0.05, 0) is 56.3 Å². The topological polar surface area (TPSA) is 29.5 Å². The van der Waals surface area contributed by atoms with Crippen LogP contribution in [0.5, 0.6) is 5.75 Å². The molecule has 0 N–H and O–H groups in total. The Morgan fingerprint density at radius 1 is 1.15 bits per heavy atom. The maximum atomic E-state index is 13.5. The summed E-state index contributed by atoms with van der Waals surface area (Å²) in [7, 11) is 4.88. The van der Waals surface area contributed by atoms with Gasteiger partial charge in [0, 0.05) is 21.2 Å². The summed E-state index contributed by atoms with van der Waals surface area (Å²) in [5.41, 5.74) is 3.02. The fourth-order valence-electron chi connectivity index (χ4n) is 3.42. The number of nitrogens with zero attached hydrogens (tertiary/aromatic N) is 1. The average Bonchev–Trinajstić information content (AvgIpc) is 3.05. The van der Waals surface area contributed by atoms with Crippen LogP contribution in [0.25, 0.3) is 11.1 Å². The minimum absolute atomic E-state index is 0.0334. The first-order valence-electron chi connectivity index (χ1n) is 8.26. The van der Waals surface area contributed by atoms with Gasteiger partial charge in [-0.2, -0.15) is 0 Å². The summed E-state index contributed by atoms with van der Waals surface area (Å²) < 4.78 is 7.22. The van der Waals surface area contributed by atoms with Crippen molar-refractivity contribution in [2.24, 2.45) is 0 Å². The molecule has 2 heterocycles. The van der Waals surface area contributed by atoms with Gasteiger partial charge in [-0.25, -0.2) is 0 Å². The zero-order valence-corrected chi connectivity index (χ0v) is 18.9. The van der Waals surface area contributed by atoms with E-state index in [0.717, 1.165) is 35.7 Å². The molecule has 0 saturated heterocycles. The van der Waals surface area contributed by atoms with Gasteiger partial charge in [0.25, 0.3) is 5.91 Å². The van der Waals surface area contributed by atoms with E-state index in [1.165, 1.54) is 0 Å². The number of methoxy groups -OCH3 is 1. The molecule has 0 radical (unpaired) electrons. The lowest BCUT2D eigenvalue weighted by molar-refractivity contribution is 0.0961. The van der Waals surface area contributed by atoms with E-state index in [1.807, 2.05) is 47.4 Å². The van der Waals surface area contributed by atoms with Crippen molar-refractivity contribution < 1.29 is 9.53 Å². The van der Waals surface area contributed by atoms with Crippen LogP contribution in [0.15, 0.2) is 46.9 Å². The molecule has 0 unspecified atom stereocenters. The number of rotatable bonds is 2. The molecule has 138 valence electrons. The van der Waals surface area contributed by atoms with Gasteiger partial charge < -0.3 is 4.74 Å². The third kappa shape index (κ3) is 2.97. The molecule has 2 aromatic carbocycles. The van der Waals surface area contributed by atoms with Gasteiger partial charge in [0.15, 0.2) is 0 Å². The van der Waals surface area contributed by atoms with E-state index in [2.05, 4.69) is 29.8 Å². The average molecular weight is 478 g/mol. The zero-order valence-electron chi connectivity index (χ0n) is 14.9. The number of halogens is 1. The van der Waals surface area contributed by atoms with Crippen molar-refractivity contribution >= 4 is 60.4 Å². The fraction of sp³-hybridized carbons (Fsp3) is 0.200. The van der Waals surface area contributed by atoms with Crippen LogP contribution in [0.3, 0.4) is 0 Å². The molecule has 27 heavy (non-hydrogen) atoms. The maximum Gasteiger partial charge on any atom is 0.259 e. The van der Waals surface area contributed by atoms with Gasteiger partial charge in [0.2, 0.25) is 0 Å². The van der Waals surface area contributed by atoms with Crippen LogP contribution >= 0.6 is 48.8 Å². The molecule has 0 atom stereocenters. The van der Waals surface area contributed by atoms with Crippen LogP contribution in [0.2, 0.25) is 0 Å². The molecule has 0 aliphatic carbocycles. The summed E-state index contributed by atoms with van der Waals surface area (Å²) in [6.45, 7) is 4.15. The Balaban J connectivity index is 1.96. The van der Waals surface area contributed by atoms with Crippen LogP contribution in [-0.2, 0) is 5.54 Å². The van der Waals surface area contributed by atoms with Crippen LogP contribution in [0.1, 0.15) is 29.1 Å². The Bertz CT molecular complexity index is 1100. The van der Waals surface area contributed by atoms with Crippen molar-refractivity contribution in [2.75, 3.05) is 12.0 Å². The lowest BCUT2D eigenvalue weighted by Gasteiger charge is -2.43. The Kier molecular flexibility index (Phi) is 4.74. The van der Waals surface area contributed by atoms with Crippen LogP contribution < -0.4 is 9.64 Å². The number of carbonyl (C=O) groups excluding carboxylic acids is 1. The second-order valence-corrected chi connectivity index (χ2v) is 10.5. The fourth-order valence-corrected chi connectivity index (χ4v) is 6.97. The third-order valence-corrected chi connectivity index (χ3v) is 8.61. The quantitative estimate of drug-likeness (QED) is 0.297. The molecular weight excluding hydrogens is 462 g/mol. The Morgan fingerprint density at radius 2 is 1.85 bits per heavy atom. The zero-order chi connectivity index (χ0) is 19.3. The second-order valence-electron chi connectivity index (χ2n) is 6.75. The molecule has 1 amide bonds. The molecule has 4 rings (SSSR count). The van der Waals surface area contributed by atoms with E-state index in [9.17, 15) is 4.79 Å². The van der Waals surface area contributed by atoms with E-state index in [4.69, 9.17) is 17.0 Å². The molecule has 1 aliphatic rings. The van der Waals surface area contributed by atoms with Gasteiger partial charge in [-0.15, -0.1) is 0 Å². The highest BCUT2D eigenvalue weighted by Gasteiger charge is 2.43. The first-order valence-corrected chi connectivity index (χ1v) is 11.6. The first-order chi connectivity index (χ1) is 12.8. The van der Waals surface area contributed by atoms with E-state index in [1.54, 1.807) is 27.8 Å². The van der Waals surface area contributed by atoms with Gasteiger partial charge in [0.1, 0.15) is 9.57 Å². The smallest absolute Gasteiger partial charge is 0.259 e. The summed E-state index contributed by atoms with van der Waals surface area (Å²) in [4.78, 5) is 16.5. The molecule has 0 saturated carbocycles. The van der Waals surface area contributed by atoms with Crippen molar-refractivity contribution in [3.63, 3.8) is 0 Å². The molecule has 0 spiro atoms. The van der Waals surface area contributed by atoms with Gasteiger partial charge >= 0.3 is 0 Å². The van der Waals surface area contributed by atoms with Gasteiger partial charge in [0.05, 0.1) is 23.2 Å². The highest BCUT2D eigenvalue weighted by atomic mass is 79.9. The number of anilines is 1. The predicted octanol–water partition coefficient (Wildman–Crippen LogP) is 6.87. The van der Waals surface area contributed by atoms with Gasteiger partial charge in [-0.3, -0.25) is 9.69 Å². The van der Waals surface area contributed by atoms with Crippen molar-refractivity contribution in [3.05, 3.63) is 61.2 Å². The molecule has 0 bridgehead atoms. The molecule has 1 aliphatic heterocycles. The highest BCUT2D eigenvalue weighted by Crippen LogP contribution is 2.53. The number of benzene rings is 2. The number of hydrogen-bond acceptors (Lipinski definition) is 5. The molecule has 1 aromatic heterocycles. The van der Waals surface area contributed by atoms with Crippen molar-refractivity contribution in [2.45, 2.75) is 19.4 Å². The Labute approximate surface area is 178 Å². The van der Waals surface area contributed by atoms with Crippen molar-refractivity contribution in [1.82, 2.24) is 0 Å². The maximum absolute atomic E-state index is 13.5. The van der Waals surface area contributed by atoms with Crippen LogP contribution in [0, 0.1) is 3.82 Å². The molecule has 0 fully saturated rings. The summed E-state index contributed by atoms with van der Waals surface area (Å²) in [5, 5.41) is 0. The number of ether oxygens (including phenoxy) is 1. The monoisotopic (exact) mass is 477 g/mol. The van der Waals surface area contributed by atoms with Crippen LogP contribution in [0.4, 0.5) is 5.69 Å². The lowest BCUT2D eigenvalue weighted by Crippen LogP contribution is -2.47. The van der Waals surface area contributed by atoms with Gasteiger partial charge in [-0.1, -0.05) is 48.8 Å². The molecule has 3 aromatic rings.